The van der Waals surface area contributed by atoms with E-state index < -0.39 is 17.9 Å². The summed E-state index contributed by atoms with van der Waals surface area (Å²) in [5.74, 6) is -2.74. The number of carbonyl (C=O) groups excluding carboxylic acids is 1. The van der Waals surface area contributed by atoms with Crippen LogP contribution in [0.25, 0.3) is 0 Å². The molecule has 0 heterocycles. The summed E-state index contributed by atoms with van der Waals surface area (Å²) in [6, 6.07) is 19.1. The minimum atomic E-state index is -4.47. The van der Waals surface area contributed by atoms with E-state index in [0.717, 1.165) is 18.1 Å². The van der Waals surface area contributed by atoms with Crippen LogP contribution < -0.4 is 0 Å². The number of carbonyl (C=O) groups is 1. The van der Waals surface area contributed by atoms with Crippen LogP contribution in [0.4, 0.5) is 13.2 Å². The topological polar surface area (TPSA) is 17.1 Å². The average molecular weight is 320 g/mol. The highest BCUT2D eigenvalue weighted by Gasteiger charge is 2.40. The third-order valence-corrected chi connectivity index (χ3v) is 4.06. The normalized spacial score (nSPS) is 13.1. The molecular weight excluding hydrogens is 301 g/mol. The second-order valence-electron chi connectivity index (χ2n) is 5.64. The summed E-state index contributed by atoms with van der Waals surface area (Å²) in [5.41, 5.74) is 2.01. The Morgan fingerprint density at radius 3 is 1.74 bits per heavy atom. The Morgan fingerprint density at radius 1 is 0.913 bits per heavy atom. The molecule has 2 rings (SSSR count). The van der Waals surface area contributed by atoms with Gasteiger partial charge in [-0.3, -0.25) is 4.79 Å². The lowest BCUT2D eigenvalue weighted by atomic mass is 9.85. The van der Waals surface area contributed by atoms with Crippen LogP contribution in [0.3, 0.4) is 0 Å². The molecule has 122 valence electrons. The van der Waals surface area contributed by atoms with Gasteiger partial charge in [0.2, 0.25) is 0 Å². The number of halogens is 3. The smallest absolute Gasteiger partial charge is 0.299 e. The summed E-state index contributed by atoms with van der Waals surface area (Å²) in [5, 5.41) is 0. The SMILES string of the molecule is CC(C(=O)CCC(c1ccccc1)c1ccccc1)C(F)(F)F. The van der Waals surface area contributed by atoms with Crippen LogP contribution in [0, 0.1) is 5.92 Å². The van der Waals surface area contributed by atoms with Gasteiger partial charge in [-0.1, -0.05) is 60.7 Å². The predicted molar refractivity (Wildman–Crippen MR) is 84.2 cm³/mol. The molecule has 0 fully saturated rings. The third-order valence-electron chi connectivity index (χ3n) is 4.06. The first kappa shape index (κ1) is 17.3. The van der Waals surface area contributed by atoms with Crippen molar-refractivity contribution in [2.24, 2.45) is 5.92 Å². The Kier molecular flexibility index (Phi) is 5.59. The number of Topliss-reactive ketones (excluding diaryl/α,β-unsaturated/α-hetero) is 1. The second-order valence-corrected chi connectivity index (χ2v) is 5.64. The number of alkyl halides is 3. The first-order chi connectivity index (χ1) is 10.9. The molecule has 2 aromatic carbocycles. The monoisotopic (exact) mass is 320 g/mol. The van der Waals surface area contributed by atoms with E-state index in [9.17, 15) is 18.0 Å². The molecule has 0 saturated heterocycles. The van der Waals surface area contributed by atoms with Gasteiger partial charge < -0.3 is 0 Å². The van der Waals surface area contributed by atoms with Gasteiger partial charge in [0.25, 0.3) is 0 Å². The third kappa shape index (κ3) is 4.68. The van der Waals surface area contributed by atoms with Gasteiger partial charge in [-0.15, -0.1) is 0 Å². The molecule has 0 amide bonds. The molecule has 0 aliphatic heterocycles. The maximum absolute atomic E-state index is 12.6. The van der Waals surface area contributed by atoms with Crippen molar-refractivity contribution in [2.45, 2.75) is 31.9 Å². The molecule has 0 aliphatic rings. The van der Waals surface area contributed by atoms with Crippen molar-refractivity contribution in [3.05, 3.63) is 71.8 Å². The number of benzene rings is 2. The van der Waals surface area contributed by atoms with Crippen LogP contribution in [0.15, 0.2) is 60.7 Å². The van der Waals surface area contributed by atoms with E-state index in [4.69, 9.17) is 0 Å². The Balaban J connectivity index is 2.15. The molecule has 1 unspecified atom stereocenters. The standard InChI is InChI=1S/C19H19F3O/c1-14(19(20,21)22)18(23)13-12-17(15-8-4-2-5-9-15)16-10-6-3-7-11-16/h2-11,14,17H,12-13H2,1H3. The number of hydrogen-bond donors (Lipinski definition) is 0. The van der Waals surface area contributed by atoms with Crippen molar-refractivity contribution in [3.8, 4) is 0 Å². The molecule has 0 saturated carbocycles. The number of ketones is 1. The Morgan fingerprint density at radius 2 is 1.35 bits per heavy atom. The van der Waals surface area contributed by atoms with Crippen LogP contribution in [0.1, 0.15) is 36.8 Å². The molecule has 0 bridgehead atoms. The van der Waals surface area contributed by atoms with Crippen LogP contribution in [0.2, 0.25) is 0 Å². The van der Waals surface area contributed by atoms with E-state index in [1.165, 1.54) is 0 Å². The maximum Gasteiger partial charge on any atom is 0.398 e. The second kappa shape index (κ2) is 7.44. The summed E-state index contributed by atoms with van der Waals surface area (Å²) in [6.45, 7) is 0.933. The fourth-order valence-electron chi connectivity index (χ4n) is 2.58. The van der Waals surface area contributed by atoms with Crippen molar-refractivity contribution < 1.29 is 18.0 Å². The Hall–Kier alpha value is -2.10. The molecule has 0 spiro atoms. The first-order valence-corrected chi connectivity index (χ1v) is 7.59. The van der Waals surface area contributed by atoms with E-state index in [2.05, 4.69) is 0 Å². The van der Waals surface area contributed by atoms with Crippen LogP contribution in [0.5, 0.6) is 0 Å². The zero-order valence-electron chi connectivity index (χ0n) is 12.9. The molecular formula is C19H19F3O. The van der Waals surface area contributed by atoms with Crippen LogP contribution in [-0.4, -0.2) is 12.0 Å². The van der Waals surface area contributed by atoms with Crippen molar-refractivity contribution in [2.75, 3.05) is 0 Å². The Labute approximate surface area is 134 Å². The number of rotatable bonds is 6. The van der Waals surface area contributed by atoms with Gasteiger partial charge in [-0.05, 0) is 24.5 Å². The molecule has 1 nitrogen and oxygen atoms in total. The summed E-state index contributed by atoms with van der Waals surface area (Å²) in [4.78, 5) is 11.8. The van der Waals surface area contributed by atoms with E-state index in [1.807, 2.05) is 60.7 Å². The Bertz CT molecular complexity index is 581. The lowest BCUT2D eigenvalue weighted by Crippen LogP contribution is -2.28. The molecule has 0 aromatic heterocycles. The molecule has 0 aliphatic carbocycles. The summed E-state index contributed by atoms with van der Waals surface area (Å²) < 4.78 is 37.9. The fourth-order valence-corrected chi connectivity index (χ4v) is 2.58. The van der Waals surface area contributed by atoms with Crippen molar-refractivity contribution >= 4 is 5.78 Å². The van der Waals surface area contributed by atoms with Gasteiger partial charge in [-0.25, -0.2) is 0 Å². The summed E-state index contributed by atoms with van der Waals surface area (Å²) >= 11 is 0. The zero-order chi connectivity index (χ0) is 16.9. The van der Waals surface area contributed by atoms with Gasteiger partial charge in [0.15, 0.2) is 0 Å². The zero-order valence-corrected chi connectivity index (χ0v) is 12.9. The largest absolute Gasteiger partial charge is 0.398 e. The highest BCUT2D eigenvalue weighted by atomic mass is 19.4. The van der Waals surface area contributed by atoms with Gasteiger partial charge in [-0.2, -0.15) is 13.2 Å². The lowest BCUT2D eigenvalue weighted by molar-refractivity contribution is -0.177. The summed E-state index contributed by atoms with van der Waals surface area (Å²) in [6.07, 6.45) is -4.19. The first-order valence-electron chi connectivity index (χ1n) is 7.59. The molecule has 0 N–H and O–H groups in total. The minimum Gasteiger partial charge on any atom is -0.299 e. The fraction of sp³-hybridized carbons (Fsp3) is 0.316. The summed E-state index contributed by atoms with van der Waals surface area (Å²) in [7, 11) is 0. The molecule has 2 aromatic rings. The van der Waals surface area contributed by atoms with E-state index in [1.54, 1.807) is 0 Å². The predicted octanol–water partition coefficient (Wildman–Crippen LogP) is 5.37. The van der Waals surface area contributed by atoms with Gasteiger partial charge in [0.05, 0.1) is 0 Å². The molecule has 4 heteroatoms. The lowest BCUT2D eigenvalue weighted by Gasteiger charge is -2.19. The van der Waals surface area contributed by atoms with Gasteiger partial charge in [0.1, 0.15) is 11.7 Å². The average Bonchev–Trinajstić information content (AvgIpc) is 2.55. The van der Waals surface area contributed by atoms with E-state index in [0.29, 0.717) is 6.42 Å². The van der Waals surface area contributed by atoms with E-state index >= 15 is 0 Å². The maximum atomic E-state index is 12.6. The van der Waals surface area contributed by atoms with Crippen molar-refractivity contribution in [3.63, 3.8) is 0 Å². The molecule has 23 heavy (non-hydrogen) atoms. The van der Waals surface area contributed by atoms with Crippen LogP contribution >= 0.6 is 0 Å². The van der Waals surface area contributed by atoms with Gasteiger partial charge >= 0.3 is 6.18 Å². The van der Waals surface area contributed by atoms with Crippen molar-refractivity contribution in [1.82, 2.24) is 0 Å². The number of hydrogen-bond acceptors (Lipinski definition) is 1. The quantitative estimate of drug-likeness (QED) is 0.699. The van der Waals surface area contributed by atoms with Crippen LogP contribution in [-0.2, 0) is 4.79 Å². The minimum absolute atomic E-state index is 0.0817. The van der Waals surface area contributed by atoms with Gasteiger partial charge in [0, 0.05) is 12.3 Å². The molecule has 1 atom stereocenters. The van der Waals surface area contributed by atoms with Crippen molar-refractivity contribution in [1.29, 1.82) is 0 Å². The highest BCUT2D eigenvalue weighted by molar-refractivity contribution is 5.81. The molecule has 0 radical (unpaired) electrons. The van der Waals surface area contributed by atoms with E-state index in [-0.39, 0.29) is 12.3 Å². The highest BCUT2D eigenvalue weighted by Crippen LogP contribution is 2.32.